The van der Waals surface area contributed by atoms with Crippen molar-refractivity contribution in [1.29, 1.82) is 5.26 Å². The number of benzene rings is 1. The number of carbonyl (C=O) groups is 1. The number of hydrogen-bond donors (Lipinski definition) is 0. The van der Waals surface area contributed by atoms with Gasteiger partial charge in [-0.25, -0.2) is 8.78 Å². The first-order chi connectivity index (χ1) is 12.1. The number of alkyl halides is 2. The van der Waals surface area contributed by atoms with Crippen molar-refractivity contribution < 1.29 is 18.3 Å². The zero-order chi connectivity index (χ0) is 19.9. The van der Waals surface area contributed by atoms with Crippen LogP contribution in [0.1, 0.15) is 24.5 Å². The Labute approximate surface area is 161 Å². The molecule has 0 fully saturated rings. The van der Waals surface area contributed by atoms with E-state index in [0.717, 1.165) is 5.56 Å². The number of carbonyl (C=O) groups excluding carboxylic acids is 1. The molecular formula is C19H23BrF2N2O2. The number of aryl methyl sites for hydroxylation is 1. The van der Waals surface area contributed by atoms with Gasteiger partial charge in [0.25, 0.3) is 6.43 Å². The first-order valence-corrected chi connectivity index (χ1v) is 8.93. The molecule has 0 aromatic heterocycles. The second-order valence-corrected chi connectivity index (χ2v) is 7.16. The van der Waals surface area contributed by atoms with Gasteiger partial charge >= 0.3 is 0 Å². The monoisotopic (exact) mass is 428 g/mol. The van der Waals surface area contributed by atoms with Gasteiger partial charge in [0.2, 0.25) is 0 Å². The Kier molecular flexibility index (Phi) is 8.89. The van der Waals surface area contributed by atoms with Crippen LogP contribution in [0.3, 0.4) is 0 Å². The molecule has 1 aromatic rings. The van der Waals surface area contributed by atoms with Crippen molar-refractivity contribution in [2.45, 2.75) is 26.7 Å². The Morgan fingerprint density at radius 2 is 2.08 bits per heavy atom. The zero-order valence-corrected chi connectivity index (χ0v) is 16.9. The fourth-order valence-corrected chi connectivity index (χ4v) is 2.88. The van der Waals surface area contributed by atoms with E-state index in [2.05, 4.69) is 22.0 Å². The first kappa shape index (κ1) is 22.3. The molecule has 1 aromatic carbocycles. The summed E-state index contributed by atoms with van der Waals surface area (Å²) in [6, 6.07) is 5.42. The highest BCUT2D eigenvalue weighted by atomic mass is 79.9. The number of ether oxygens (including phenoxy) is 1. The number of hydrogen-bond acceptors (Lipinski definition) is 4. The summed E-state index contributed by atoms with van der Waals surface area (Å²) in [7, 11) is 3.77. The molecule has 0 radical (unpaired) electrons. The van der Waals surface area contributed by atoms with Crippen molar-refractivity contribution in [2.75, 3.05) is 27.2 Å². The second kappa shape index (κ2) is 10.4. The van der Waals surface area contributed by atoms with Crippen LogP contribution >= 0.6 is 15.9 Å². The SMILES string of the molecule is C/C(=C\c1cc(OCC(F)F)c(Br)cc1C)C(=O)C(C#N)CCN(C)C. The molecule has 0 saturated heterocycles. The minimum absolute atomic E-state index is 0.230. The topological polar surface area (TPSA) is 53.3 Å². The van der Waals surface area contributed by atoms with Crippen LogP contribution in [0.4, 0.5) is 8.78 Å². The lowest BCUT2D eigenvalue weighted by Crippen LogP contribution is -2.21. The average Bonchev–Trinajstić information content (AvgIpc) is 2.55. The third-order valence-electron chi connectivity index (χ3n) is 3.78. The maximum Gasteiger partial charge on any atom is 0.272 e. The van der Waals surface area contributed by atoms with Gasteiger partial charge in [-0.2, -0.15) is 5.26 Å². The normalized spacial score (nSPS) is 13.0. The Morgan fingerprint density at radius 1 is 1.42 bits per heavy atom. The molecule has 0 spiro atoms. The van der Waals surface area contributed by atoms with Gasteiger partial charge in [0.05, 0.1) is 10.5 Å². The quantitative estimate of drug-likeness (QED) is 0.544. The van der Waals surface area contributed by atoms with Crippen molar-refractivity contribution in [2.24, 2.45) is 5.92 Å². The van der Waals surface area contributed by atoms with Crippen LogP contribution in [-0.2, 0) is 4.79 Å². The second-order valence-electron chi connectivity index (χ2n) is 6.31. The molecule has 4 nitrogen and oxygen atoms in total. The van der Waals surface area contributed by atoms with Crippen molar-refractivity contribution in [3.05, 3.63) is 33.3 Å². The van der Waals surface area contributed by atoms with Crippen molar-refractivity contribution in [3.8, 4) is 11.8 Å². The van der Waals surface area contributed by atoms with Crippen LogP contribution in [0, 0.1) is 24.2 Å². The minimum Gasteiger partial charge on any atom is -0.486 e. The average molecular weight is 429 g/mol. The molecule has 0 amide bonds. The smallest absolute Gasteiger partial charge is 0.272 e. The standard InChI is InChI=1S/C19H23BrF2N2O2/c1-12-8-16(20)17(26-11-18(21)22)9-15(12)7-13(2)19(25)14(10-23)5-6-24(3)4/h7-9,14,18H,5-6,11H2,1-4H3/b13-7+. The molecule has 0 bridgehead atoms. The van der Waals surface area contributed by atoms with Crippen molar-refractivity contribution in [3.63, 3.8) is 0 Å². The van der Waals surface area contributed by atoms with E-state index in [0.29, 0.717) is 28.6 Å². The molecule has 142 valence electrons. The van der Waals surface area contributed by atoms with Crippen LogP contribution in [0.5, 0.6) is 5.75 Å². The highest BCUT2D eigenvalue weighted by Gasteiger charge is 2.20. The minimum atomic E-state index is -2.57. The molecule has 26 heavy (non-hydrogen) atoms. The van der Waals surface area contributed by atoms with Gasteiger partial charge in [0, 0.05) is 0 Å². The Bertz CT molecular complexity index is 712. The summed E-state index contributed by atoms with van der Waals surface area (Å²) >= 11 is 3.29. The summed E-state index contributed by atoms with van der Waals surface area (Å²) < 4.78 is 30.4. The summed E-state index contributed by atoms with van der Waals surface area (Å²) in [5, 5.41) is 9.27. The Hall–Kier alpha value is -1.78. The molecule has 0 saturated carbocycles. The van der Waals surface area contributed by atoms with E-state index in [1.165, 1.54) is 0 Å². The molecule has 1 rings (SSSR count). The fourth-order valence-electron chi connectivity index (χ4n) is 2.31. The fraction of sp³-hybridized carbons (Fsp3) is 0.474. The third kappa shape index (κ3) is 6.85. The molecular weight excluding hydrogens is 406 g/mol. The molecule has 0 aliphatic heterocycles. The Balaban J connectivity index is 3.04. The Morgan fingerprint density at radius 3 is 2.62 bits per heavy atom. The number of nitrogens with zero attached hydrogens (tertiary/aromatic N) is 2. The number of allylic oxidation sites excluding steroid dienone is 1. The van der Waals surface area contributed by atoms with Gasteiger partial charge in [-0.05, 0) is 91.7 Å². The van der Waals surface area contributed by atoms with E-state index in [1.54, 1.807) is 25.1 Å². The number of ketones is 1. The molecule has 0 N–H and O–H groups in total. The first-order valence-electron chi connectivity index (χ1n) is 8.13. The van der Waals surface area contributed by atoms with Gasteiger partial charge < -0.3 is 9.64 Å². The summed E-state index contributed by atoms with van der Waals surface area (Å²) in [4.78, 5) is 14.4. The van der Waals surface area contributed by atoms with Crippen LogP contribution in [-0.4, -0.2) is 44.4 Å². The van der Waals surface area contributed by atoms with E-state index < -0.39 is 19.0 Å². The molecule has 0 heterocycles. The van der Waals surface area contributed by atoms with Crippen molar-refractivity contribution in [1.82, 2.24) is 4.90 Å². The van der Waals surface area contributed by atoms with Crippen LogP contribution in [0.15, 0.2) is 22.2 Å². The van der Waals surface area contributed by atoms with Gasteiger partial charge in [0.1, 0.15) is 18.3 Å². The molecule has 0 aliphatic rings. The van der Waals surface area contributed by atoms with E-state index in [4.69, 9.17) is 4.74 Å². The van der Waals surface area contributed by atoms with E-state index in [9.17, 15) is 18.8 Å². The summed E-state index contributed by atoms with van der Waals surface area (Å²) in [5.74, 6) is -0.655. The largest absolute Gasteiger partial charge is 0.486 e. The number of halogens is 3. The number of Topliss-reactive ketones (excluding diaryl/α,β-unsaturated/α-hetero) is 1. The summed E-state index contributed by atoms with van der Waals surface area (Å²) in [6.07, 6.45) is -0.451. The lowest BCUT2D eigenvalue weighted by molar-refractivity contribution is -0.117. The van der Waals surface area contributed by atoms with Crippen LogP contribution in [0.2, 0.25) is 0 Å². The number of rotatable bonds is 9. The van der Waals surface area contributed by atoms with Crippen molar-refractivity contribution >= 4 is 27.8 Å². The molecule has 7 heteroatoms. The molecule has 1 unspecified atom stereocenters. The van der Waals surface area contributed by atoms with E-state index >= 15 is 0 Å². The van der Waals surface area contributed by atoms with Crippen LogP contribution in [0.25, 0.3) is 6.08 Å². The van der Waals surface area contributed by atoms with Gasteiger partial charge in [-0.3, -0.25) is 4.79 Å². The van der Waals surface area contributed by atoms with Gasteiger partial charge in [0.15, 0.2) is 5.78 Å². The maximum atomic E-state index is 12.5. The van der Waals surface area contributed by atoms with Gasteiger partial charge in [-0.1, -0.05) is 0 Å². The van der Waals surface area contributed by atoms with E-state index in [1.807, 2.05) is 25.9 Å². The summed E-state index contributed by atoms with van der Waals surface area (Å²) in [5.41, 5.74) is 1.99. The summed E-state index contributed by atoms with van der Waals surface area (Å²) in [6.45, 7) is 3.44. The predicted molar refractivity (Wildman–Crippen MR) is 101 cm³/mol. The predicted octanol–water partition coefficient (Wildman–Crippen LogP) is 4.47. The van der Waals surface area contributed by atoms with E-state index in [-0.39, 0.29) is 11.5 Å². The lowest BCUT2D eigenvalue weighted by atomic mass is 9.94. The molecule has 0 aliphatic carbocycles. The zero-order valence-electron chi connectivity index (χ0n) is 15.4. The maximum absolute atomic E-state index is 12.5. The molecule has 1 atom stereocenters. The third-order valence-corrected chi connectivity index (χ3v) is 4.40. The van der Waals surface area contributed by atoms with Crippen LogP contribution < -0.4 is 4.74 Å². The highest BCUT2D eigenvalue weighted by molar-refractivity contribution is 9.10. The lowest BCUT2D eigenvalue weighted by Gasteiger charge is -2.14. The number of nitriles is 1. The highest BCUT2D eigenvalue weighted by Crippen LogP contribution is 2.30. The van der Waals surface area contributed by atoms with Gasteiger partial charge in [-0.15, -0.1) is 0 Å².